The minimum absolute atomic E-state index is 0.0381. The van der Waals surface area contributed by atoms with Crippen molar-refractivity contribution in [2.24, 2.45) is 5.92 Å². The van der Waals surface area contributed by atoms with E-state index in [0.717, 1.165) is 40.3 Å². The molecule has 0 radical (unpaired) electrons. The van der Waals surface area contributed by atoms with E-state index in [1.165, 1.54) is 4.88 Å². The van der Waals surface area contributed by atoms with Crippen LogP contribution in [0.2, 0.25) is 0 Å². The second-order valence-corrected chi connectivity index (χ2v) is 8.71. The molecule has 0 bridgehead atoms. The van der Waals surface area contributed by atoms with Crippen molar-refractivity contribution in [3.63, 3.8) is 0 Å². The lowest BCUT2D eigenvalue weighted by atomic mass is 9.87. The first-order valence-corrected chi connectivity index (χ1v) is 10.8. The maximum atomic E-state index is 12.8. The largest absolute Gasteiger partial charge is 0.497 e. The molecule has 1 atom stereocenters. The van der Waals surface area contributed by atoms with Crippen LogP contribution >= 0.6 is 11.3 Å². The molecule has 7 heteroatoms. The molecule has 0 spiro atoms. The van der Waals surface area contributed by atoms with Gasteiger partial charge in [0.25, 0.3) is 5.91 Å². The second kappa shape index (κ2) is 8.55. The van der Waals surface area contributed by atoms with Crippen LogP contribution in [0.25, 0.3) is 0 Å². The highest BCUT2D eigenvalue weighted by Crippen LogP contribution is 2.34. The Balaban J connectivity index is 1.42. The highest BCUT2D eigenvalue weighted by atomic mass is 32.1. The van der Waals surface area contributed by atoms with Crippen molar-refractivity contribution in [1.82, 2.24) is 4.90 Å². The van der Waals surface area contributed by atoms with E-state index in [1.807, 2.05) is 36.1 Å². The molecule has 1 N–H and O–H groups in total. The predicted molar refractivity (Wildman–Crippen MR) is 113 cm³/mol. The third-order valence-corrected chi connectivity index (χ3v) is 6.88. The molecule has 0 unspecified atom stereocenters. The van der Waals surface area contributed by atoms with E-state index in [4.69, 9.17) is 9.47 Å². The fraction of sp³-hybridized carbons (Fsp3) is 0.455. The van der Waals surface area contributed by atoms with Crippen LogP contribution in [-0.4, -0.2) is 50.1 Å². The van der Waals surface area contributed by atoms with E-state index < -0.39 is 0 Å². The molecule has 0 saturated carbocycles. The standard InChI is InChI=1S/C22H26N2O4S/c1-14-11-17(27-2)4-5-18(14)23-21(25)15-3-6-19-16(12-15)13-20(29-19)22(26)24-7-9-28-10-8-24/h4-5,11,13,15H,3,6-10,12H2,1-2H3,(H,23,25)/t15-/m0/s1. The number of hydrogen-bond donors (Lipinski definition) is 1. The first-order valence-electron chi connectivity index (χ1n) is 9.99. The number of anilines is 1. The monoisotopic (exact) mass is 414 g/mol. The van der Waals surface area contributed by atoms with Crippen molar-refractivity contribution in [3.8, 4) is 5.75 Å². The molecule has 6 nitrogen and oxygen atoms in total. The smallest absolute Gasteiger partial charge is 0.264 e. The van der Waals surface area contributed by atoms with Gasteiger partial charge in [-0.25, -0.2) is 0 Å². The van der Waals surface area contributed by atoms with Crippen LogP contribution in [0.4, 0.5) is 5.69 Å². The molecule has 4 rings (SSSR count). The summed E-state index contributed by atoms with van der Waals surface area (Å²) >= 11 is 1.58. The second-order valence-electron chi connectivity index (χ2n) is 7.57. The molecule has 1 aromatic carbocycles. The number of aryl methyl sites for hydroxylation is 2. The first kappa shape index (κ1) is 19.9. The maximum Gasteiger partial charge on any atom is 0.264 e. The molecule has 2 amide bonds. The van der Waals surface area contributed by atoms with Gasteiger partial charge in [0.15, 0.2) is 0 Å². The fourth-order valence-corrected chi connectivity index (χ4v) is 5.09. The number of benzene rings is 1. The lowest BCUT2D eigenvalue weighted by Crippen LogP contribution is -2.40. The van der Waals surface area contributed by atoms with Gasteiger partial charge in [0.2, 0.25) is 5.91 Å². The average molecular weight is 415 g/mol. The number of methoxy groups -OCH3 is 1. The Bertz CT molecular complexity index is 918. The number of nitrogens with zero attached hydrogens (tertiary/aromatic N) is 1. The average Bonchev–Trinajstić information content (AvgIpc) is 3.18. The number of thiophene rings is 1. The summed E-state index contributed by atoms with van der Waals surface area (Å²) < 4.78 is 10.6. The molecule has 29 heavy (non-hydrogen) atoms. The molecule has 1 aliphatic heterocycles. The van der Waals surface area contributed by atoms with Crippen LogP contribution in [0.15, 0.2) is 24.3 Å². The van der Waals surface area contributed by atoms with Gasteiger partial charge in [-0.05, 0) is 61.6 Å². The highest BCUT2D eigenvalue weighted by Gasteiger charge is 2.29. The number of rotatable bonds is 4. The normalized spacial score (nSPS) is 18.8. The zero-order chi connectivity index (χ0) is 20.4. The van der Waals surface area contributed by atoms with Gasteiger partial charge in [0, 0.05) is 29.6 Å². The highest BCUT2D eigenvalue weighted by molar-refractivity contribution is 7.14. The Labute approximate surface area is 174 Å². The third kappa shape index (κ3) is 4.31. The molecule has 1 saturated heterocycles. The van der Waals surface area contributed by atoms with Crippen LogP contribution in [0.5, 0.6) is 5.75 Å². The topological polar surface area (TPSA) is 67.9 Å². The summed E-state index contributed by atoms with van der Waals surface area (Å²) in [5, 5.41) is 3.06. The van der Waals surface area contributed by atoms with Crippen LogP contribution in [-0.2, 0) is 22.4 Å². The summed E-state index contributed by atoms with van der Waals surface area (Å²) in [6.07, 6.45) is 2.33. The van der Waals surface area contributed by atoms with Crippen LogP contribution in [0.1, 0.15) is 32.1 Å². The van der Waals surface area contributed by atoms with E-state index in [1.54, 1.807) is 18.4 Å². The number of ether oxygens (including phenoxy) is 2. The molecular weight excluding hydrogens is 388 g/mol. The molecule has 2 heterocycles. The van der Waals surface area contributed by atoms with Crippen molar-refractivity contribution >= 4 is 28.8 Å². The van der Waals surface area contributed by atoms with Gasteiger partial charge >= 0.3 is 0 Å². The van der Waals surface area contributed by atoms with Gasteiger partial charge in [-0.3, -0.25) is 9.59 Å². The third-order valence-electron chi connectivity index (χ3n) is 5.65. The van der Waals surface area contributed by atoms with Crippen molar-refractivity contribution in [2.45, 2.75) is 26.2 Å². The molecule has 1 fully saturated rings. The van der Waals surface area contributed by atoms with Crippen molar-refractivity contribution in [1.29, 1.82) is 0 Å². The van der Waals surface area contributed by atoms with Crippen molar-refractivity contribution in [2.75, 3.05) is 38.7 Å². The van der Waals surface area contributed by atoms with Crippen LogP contribution in [0.3, 0.4) is 0 Å². The van der Waals surface area contributed by atoms with Crippen molar-refractivity contribution in [3.05, 3.63) is 45.1 Å². The Morgan fingerprint density at radius 2 is 2.03 bits per heavy atom. The van der Waals surface area contributed by atoms with E-state index >= 15 is 0 Å². The SMILES string of the molecule is COc1ccc(NC(=O)[C@H]2CCc3sc(C(=O)N4CCOCC4)cc3C2)c(C)c1. The summed E-state index contributed by atoms with van der Waals surface area (Å²) in [4.78, 5) is 29.5. The fourth-order valence-electron chi connectivity index (χ4n) is 3.91. The molecule has 154 valence electrons. The minimum atomic E-state index is -0.0788. The summed E-state index contributed by atoms with van der Waals surface area (Å²) in [7, 11) is 1.63. The Morgan fingerprint density at radius 3 is 2.76 bits per heavy atom. The Kier molecular flexibility index (Phi) is 5.87. The molecule has 1 aliphatic carbocycles. The van der Waals surface area contributed by atoms with Crippen molar-refractivity contribution < 1.29 is 19.1 Å². The number of carbonyl (C=O) groups is 2. The van der Waals surface area contributed by atoms with Gasteiger partial charge in [-0.15, -0.1) is 11.3 Å². The number of nitrogens with one attached hydrogen (secondary N) is 1. The molecule has 2 aromatic rings. The quantitative estimate of drug-likeness (QED) is 0.834. The van der Waals surface area contributed by atoms with Gasteiger partial charge in [0.05, 0.1) is 25.2 Å². The number of fused-ring (bicyclic) bond motifs is 1. The zero-order valence-electron chi connectivity index (χ0n) is 16.8. The summed E-state index contributed by atoms with van der Waals surface area (Å²) in [5.41, 5.74) is 2.93. The Hall–Kier alpha value is -2.38. The first-order chi connectivity index (χ1) is 14.0. The number of amides is 2. The zero-order valence-corrected chi connectivity index (χ0v) is 17.6. The van der Waals surface area contributed by atoms with Gasteiger partial charge < -0.3 is 19.7 Å². The maximum absolute atomic E-state index is 12.8. The van der Waals surface area contributed by atoms with Gasteiger partial charge in [-0.2, -0.15) is 0 Å². The Morgan fingerprint density at radius 1 is 1.24 bits per heavy atom. The molecular formula is C22H26N2O4S. The minimum Gasteiger partial charge on any atom is -0.497 e. The lowest BCUT2D eigenvalue weighted by molar-refractivity contribution is -0.120. The van der Waals surface area contributed by atoms with Crippen LogP contribution < -0.4 is 10.1 Å². The summed E-state index contributed by atoms with van der Waals surface area (Å²) in [6, 6.07) is 7.64. The van der Waals surface area contributed by atoms with E-state index in [-0.39, 0.29) is 17.7 Å². The van der Waals surface area contributed by atoms with E-state index in [2.05, 4.69) is 5.32 Å². The summed E-state index contributed by atoms with van der Waals surface area (Å²) in [5.74, 6) is 0.821. The van der Waals surface area contributed by atoms with Gasteiger partial charge in [0.1, 0.15) is 5.75 Å². The lowest BCUT2D eigenvalue weighted by Gasteiger charge is -2.26. The van der Waals surface area contributed by atoms with E-state index in [0.29, 0.717) is 32.7 Å². The number of morpholine rings is 1. The molecule has 1 aromatic heterocycles. The van der Waals surface area contributed by atoms with Gasteiger partial charge in [-0.1, -0.05) is 0 Å². The number of hydrogen-bond acceptors (Lipinski definition) is 5. The predicted octanol–water partition coefficient (Wildman–Crippen LogP) is 3.28. The van der Waals surface area contributed by atoms with Crippen LogP contribution in [0, 0.1) is 12.8 Å². The van der Waals surface area contributed by atoms with E-state index in [9.17, 15) is 9.59 Å². The molecule has 2 aliphatic rings. The number of carbonyl (C=O) groups excluding carboxylic acids is 2. The summed E-state index contributed by atoms with van der Waals surface area (Å²) in [6.45, 7) is 4.45.